The molecule has 6 heteroatoms. The van der Waals surface area contributed by atoms with E-state index in [0.29, 0.717) is 43.2 Å². The van der Waals surface area contributed by atoms with E-state index in [0.717, 1.165) is 0 Å². The lowest BCUT2D eigenvalue weighted by molar-refractivity contribution is -0.145. The van der Waals surface area contributed by atoms with Crippen molar-refractivity contribution < 1.29 is 23.7 Å². The lowest BCUT2D eigenvalue weighted by Crippen LogP contribution is -2.33. The van der Waals surface area contributed by atoms with E-state index in [9.17, 15) is 4.79 Å². The van der Waals surface area contributed by atoms with Gasteiger partial charge in [0.05, 0.1) is 27.4 Å². The van der Waals surface area contributed by atoms with Gasteiger partial charge < -0.3 is 24.3 Å². The third-order valence-electron chi connectivity index (χ3n) is 3.38. The van der Waals surface area contributed by atoms with Crippen molar-refractivity contribution in [1.82, 2.24) is 5.32 Å². The fraction of sp³-hybridized carbons (Fsp3) is 0.533. The van der Waals surface area contributed by atoms with Gasteiger partial charge in [-0.05, 0) is 19.1 Å². The monoisotopic (exact) mass is 295 g/mol. The Kier molecular flexibility index (Phi) is 5.03. The van der Waals surface area contributed by atoms with Gasteiger partial charge in [0.1, 0.15) is 11.5 Å². The van der Waals surface area contributed by atoms with E-state index in [1.165, 1.54) is 0 Å². The van der Waals surface area contributed by atoms with Gasteiger partial charge >= 0.3 is 0 Å². The van der Waals surface area contributed by atoms with Gasteiger partial charge in [0, 0.05) is 24.6 Å². The van der Waals surface area contributed by atoms with Crippen LogP contribution in [0.15, 0.2) is 18.2 Å². The van der Waals surface area contributed by atoms with Crippen molar-refractivity contribution in [3.63, 3.8) is 0 Å². The summed E-state index contributed by atoms with van der Waals surface area (Å²) < 4.78 is 21.3. The molecule has 1 fully saturated rings. The topological polar surface area (TPSA) is 66.0 Å². The molecule has 116 valence electrons. The van der Waals surface area contributed by atoms with Crippen LogP contribution in [-0.2, 0) is 9.47 Å². The Morgan fingerprint density at radius 3 is 2.29 bits per heavy atom. The molecular weight excluding hydrogens is 274 g/mol. The van der Waals surface area contributed by atoms with Gasteiger partial charge in [-0.3, -0.25) is 4.79 Å². The number of carbonyl (C=O) groups excluding carboxylic acids is 1. The van der Waals surface area contributed by atoms with Gasteiger partial charge in [-0.2, -0.15) is 0 Å². The van der Waals surface area contributed by atoms with Gasteiger partial charge in [-0.15, -0.1) is 0 Å². The second kappa shape index (κ2) is 6.78. The number of amides is 1. The van der Waals surface area contributed by atoms with Crippen LogP contribution in [0, 0.1) is 0 Å². The molecule has 0 atom stereocenters. The lowest BCUT2D eigenvalue weighted by Gasteiger charge is -2.22. The van der Waals surface area contributed by atoms with Gasteiger partial charge in [0.15, 0.2) is 5.79 Å². The minimum atomic E-state index is -0.598. The first-order valence-corrected chi connectivity index (χ1v) is 6.85. The van der Waals surface area contributed by atoms with Crippen LogP contribution in [0.5, 0.6) is 11.5 Å². The highest BCUT2D eigenvalue weighted by molar-refractivity contribution is 5.95. The molecule has 1 N–H and O–H groups in total. The normalized spacial score (nSPS) is 16.5. The number of hydrogen-bond donors (Lipinski definition) is 1. The highest BCUT2D eigenvalue weighted by atomic mass is 16.7. The predicted molar refractivity (Wildman–Crippen MR) is 76.8 cm³/mol. The van der Waals surface area contributed by atoms with E-state index in [4.69, 9.17) is 18.9 Å². The molecule has 1 aliphatic rings. The third-order valence-corrected chi connectivity index (χ3v) is 3.38. The van der Waals surface area contributed by atoms with Crippen molar-refractivity contribution in [3.05, 3.63) is 23.8 Å². The van der Waals surface area contributed by atoms with E-state index in [1.807, 2.05) is 6.92 Å². The predicted octanol–water partition coefficient (Wildman–Crippen LogP) is 1.59. The largest absolute Gasteiger partial charge is 0.497 e. The molecule has 1 aromatic rings. The number of hydrogen-bond acceptors (Lipinski definition) is 5. The van der Waals surface area contributed by atoms with Gasteiger partial charge in [-0.25, -0.2) is 0 Å². The summed E-state index contributed by atoms with van der Waals surface area (Å²) in [7, 11) is 3.10. The van der Waals surface area contributed by atoms with Crippen molar-refractivity contribution in [2.75, 3.05) is 34.0 Å². The first-order valence-electron chi connectivity index (χ1n) is 6.85. The molecule has 0 bridgehead atoms. The first-order chi connectivity index (χ1) is 10.1. The Balaban J connectivity index is 1.93. The maximum Gasteiger partial charge on any atom is 0.251 e. The van der Waals surface area contributed by atoms with E-state index < -0.39 is 5.79 Å². The molecule has 1 saturated heterocycles. The summed E-state index contributed by atoms with van der Waals surface area (Å²) in [6.45, 7) is 3.53. The Hall–Kier alpha value is -1.79. The number of ether oxygens (including phenoxy) is 4. The van der Waals surface area contributed by atoms with Crippen LogP contribution < -0.4 is 14.8 Å². The van der Waals surface area contributed by atoms with Crippen molar-refractivity contribution in [1.29, 1.82) is 0 Å². The van der Waals surface area contributed by atoms with Crippen LogP contribution in [0.4, 0.5) is 0 Å². The molecule has 1 heterocycles. The van der Waals surface area contributed by atoms with Gasteiger partial charge in [0.25, 0.3) is 5.91 Å². The number of methoxy groups -OCH3 is 2. The van der Waals surface area contributed by atoms with Gasteiger partial charge in [0.2, 0.25) is 0 Å². The fourth-order valence-electron chi connectivity index (χ4n) is 2.14. The SMILES string of the molecule is COc1cc(OC)cc(C(=O)NCCC2(C)OCCO2)c1. The van der Waals surface area contributed by atoms with Crippen LogP contribution in [-0.4, -0.2) is 45.7 Å². The second-order valence-electron chi connectivity index (χ2n) is 4.94. The number of rotatable bonds is 6. The number of carbonyl (C=O) groups is 1. The Morgan fingerprint density at radius 1 is 1.19 bits per heavy atom. The van der Waals surface area contributed by atoms with Crippen LogP contribution in [0.25, 0.3) is 0 Å². The average Bonchev–Trinajstić information content (AvgIpc) is 2.93. The number of nitrogens with one attached hydrogen (secondary N) is 1. The molecule has 21 heavy (non-hydrogen) atoms. The molecule has 0 aliphatic carbocycles. The molecule has 1 aliphatic heterocycles. The minimum absolute atomic E-state index is 0.186. The molecule has 6 nitrogen and oxygen atoms in total. The van der Waals surface area contributed by atoms with Crippen LogP contribution in [0.1, 0.15) is 23.7 Å². The Bertz CT molecular complexity index is 475. The van der Waals surface area contributed by atoms with Crippen LogP contribution in [0.2, 0.25) is 0 Å². The van der Waals surface area contributed by atoms with E-state index in [2.05, 4.69) is 5.32 Å². The second-order valence-corrected chi connectivity index (χ2v) is 4.94. The minimum Gasteiger partial charge on any atom is -0.497 e. The summed E-state index contributed by atoms with van der Waals surface area (Å²) in [6, 6.07) is 5.06. The molecule has 0 aromatic heterocycles. The summed E-state index contributed by atoms with van der Waals surface area (Å²) in [4.78, 5) is 12.2. The molecule has 0 spiro atoms. The molecule has 1 aromatic carbocycles. The zero-order valence-electron chi connectivity index (χ0n) is 12.6. The summed E-state index contributed by atoms with van der Waals surface area (Å²) >= 11 is 0. The Morgan fingerprint density at radius 2 is 1.76 bits per heavy atom. The summed E-state index contributed by atoms with van der Waals surface area (Å²) in [5.74, 6) is 0.371. The fourth-order valence-corrected chi connectivity index (χ4v) is 2.14. The zero-order valence-corrected chi connectivity index (χ0v) is 12.6. The zero-order chi connectivity index (χ0) is 15.3. The van der Waals surface area contributed by atoms with Crippen molar-refractivity contribution >= 4 is 5.91 Å². The molecular formula is C15H21NO5. The summed E-state index contributed by atoms with van der Waals surface area (Å²) in [6.07, 6.45) is 0.597. The van der Waals surface area contributed by atoms with E-state index in [1.54, 1.807) is 32.4 Å². The van der Waals surface area contributed by atoms with Crippen molar-refractivity contribution in [3.8, 4) is 11.5 Å². The average molecular weight is 295 g/mol. The maximum atomic E-state index is 12.2. The molecule has 1 amide bonds. The Labute approximate surface area is 124 Å². The standard InChI is InChI=1S/C15H21NO5/c1-15(20-6-7-21-15)4-5-16-14(17)11-8-12(18-2)10-13(9-11)19-3/h8-10H,4-7H2,1-3H3,(H,16,17). The first kappa shape index (κ1) is 15.6. The molecule has 0 radical (unpaired) electrons. The smallest absolute Gasteiger partial charge is 0.251 e. The quantitative estimate of drug-likeness (QED) is 0.863. The van der Waals surface area contributed by atoms with Crippen molar-refractivity contribution in [2.24, 2.45) is 0 Å². The van der Waals surface area contributed by atoms with E-state index in [-0.39, 0.29) is 5.91 Å². The molecule has 2 rings (SSSR count). The van der Waals surface area contributed by atoms with Crippen LogP contribution >= 0.6 is 0 Å². The highest BCUT2D eigenvalue weighted by Gasteiger charge is 2.30. The molecule has 0 unspecified atom stereocenters. The summed E-state index contributed by atoms with van der Waals surface area (Å²) in [5.41, 5.74) is 0.490. The highest BCUT2D eigenvalue weighted by Crippen LogP contribution is 2.23. The van der Waals surface area contributed by atoms with Crippen LogP contribution in [0.3, 0.4) is 0 Å². The lowest BCUT2D eigenvalue weighted by atomic mass is 10.1. The van der Waals surface area contributed by atoms with Gasteiger partial charge in [-0.1, -0.05) is 0 Å². The van der Waals surface area contributed by atoms with E-state index >= 15 is 0 Å². The molecule has 0 saturated carbocycles. The summed E-state index contributed by atoms with van der Waals surface area (Å²) in [5, 5.41) is 2.84. The maximum absolute atomic E-state index is 12.2. The van der Waals surface area contributed by atoms with Crippen molar-refractivity contribution in [2.45, 2.75) is 19.1 Å². The third kappa shape index (κ3) is 4.09. The number of benzene rings is 1.